The molecule has 1 aliphatic carbocycles. The van der Waals surface area contributed by atoms with Crippen molar-refractivity contribution in [2.24, 2.45) is 5.92 Å². The van der Waals surface area contributed by atoms with E-state index < -0.39 is 5.97 Å². The van der Waals surface area contributed by atoms with E-state index in [1.54, 1.807) is 0 Å². The smallest absolute Gasteiger partial charge is 0.373 e. The molecular formula is C12H17NO3. The lowest BCUT2D eigenvalue weighted by Crippen LogP contribution is -2.02. The summed E-state index contributed by atoms with van der Waals surface area (Å²) < 4.78 is 5.41. The van der Waals surface area contributed by atoms with Crippen LogP contribution in [0.15, 0.2) is 4.42 Å². The monoisotopic (exact) mass is 223 g/mol. The van der Waals surface area contributed by atoms with Crippen LogP contribution in [0.5, 0.6) is 0 Å². The van der Waals surface area contributed by atoms with Crippen LogP contribution >= 0.6 is 0 Å². The van der Waals surface area contributed by atoms with Gasteiger partial charge < -0.3 is 9.52 Å². The number of rotatable bonds is 3. The van der Waals surface area contributed by atoms with Crippen molar-refractivity contribution in [3.63, 3.8) is 0 Å². The van der Waals surface area contributed by atoms with Crippen molar-refractivity contribution in [2.45, 2.75) is 45.4 Å². The largest absolute Gasteiger partial charge is 0.475 e. The first-order valence-electron chi connectivity index (χ1n) is 5.86. The lowest BCUT2D eigenvalue weighted by Gasteiger charge is -2.09. The van der Waals surface area contributed by atoms with Crippen molar-refractivity contribution >= 4 is 5.97 Å². The molecule has 0 spiro atoms. The second-order valence-corrected chi connectivity index (χ2v) is 4.50. The molecule has 2 unspecified atom stereocenters. The van der Waals surface area contributed by atoms with Gasteiger partial charge in [0.15, 0.2) is 5.89 Å². The number of hydrogen-bond donors (Lipinski definition) is 1. The van der Waals surface area contributed by atoms with Gasteiger partial charge in [0.25, 0.3) is 0 Å². The van der Waals surface area contributed by atoms with Crippen LogP contribution in [-0.4, -0.2) is 16.1 Å². The summed E-state index contributed by atoms with van der Waals surface area (Å²) in [5.74, 6) is 0.487. The molecule has 0 saturated heterocycles. The van der Waals surface area contributed by atoms with Crippen LogP contribution < -0.4 is 0 Å². The highest BCUT2D eigenvalue weighted by Gasteiger charge is 2.31. The molecule has 0 bridgehead atoms. The number of aryl methyl sites for hydroxylation is 1. The summed E-state index contributed by atoms with van der Waals surface area (Å²) in [4.78, 5) is 15.3. The van der Waals surface area contributed by atoms with Gasteiger partial charge in [0.05, 0.1) is 5.69 Å². The van der Waals surface area contributed by atoms with Gasteiger partial charge in [-0.1, -0.05) is 20.3 Å². The standard InChI is InChI=1S/C12H17NO3/c1-3-9-10(12(14)15)16-11(13-9)8-6-4-5-7(8)2/h7-8H,3-6H2,1-2H3,(H,14,15). The van der Waals surface area contributed by atoms with Crippen molar-refractivity contribution in [3.8, 4) is 0 Å². The van der Waals surface area contributed by atoms with Crippen molar-refractivity contribution in [1.82, 2.24) is 4.98 Å². The van der Waals surface area contributed by atoms with E-state index in [0.717, 1.165) is 6.42 Å². The summed E-state index contributed by atoms with van der Waals surface area (Å²) in [6.07, 6.45) is 4.02. The average Bonchev–Trinajstić information content (AvgIpc) is 2.82. The maximum Gasteiger partial charge on any atom is 0.373 e. The average molecular weight is 223 g/mol. The molecule has 16 heavy (non-hydrogen) atoms. The summed E-state index contributed by atoms with van der Waals surface area (Å²) in [5, 5.41) is 8.99. The van der Waals surface area contributed by atoms with E-state index in [4.69, 9.17) is 9.52 Å². The third kappa shape index (κ3) is 1.84. The third-order valence-corrected chi connectivity index (χ3v) is 3.42. The van der Waals surface area contributed by atoms with Gasteiger partial charge in [-0.15, -0.1) is 0 Å². The Hall–Kier alpha value is -1.32. The molecule has 0 aliphatic heterocycles. The molecule has 1 aromatic heterocycles. The lowest BCUT2D eigenvalue weighted by molar-refractivity contribution is 0.0657. The molecule has 1 aromatic rings. The van der Waals surface area contributed by atoms with Crippen LogP contribution in [0.4, 0.5) is 0 Å². The van der Waals surface area contributed by atoms with Crippen LogP contribution in [-0.2, 0) is 6.42 Å². The summed E-state index contributed by atoms with van der Waals surface area (Å²) >= 11 is 0. The Labute approximate surface area is 94.7 Å². The predicted octanol–water partition coefficient (Wildman–Crippen LogP) is 2.84. The van der Waals surface area contributed by atoms with E-state index in [1.807, 2.05) is 6.92 Å². The van der Waals surface area contributed by atoms with Gasteiger partial charge in [-0.2, -0.15) is 0 Å². The zero-order valence-electron chi connectivity index (χ0n) is 9.69. The van der Waals surface area contributed by atoms with Gasteiger partial charge in [-0.3, -0.25) is 0 Å². The summed E-state index contributed by atoms with van der Waals surface area (Å²) in [7, 11) is 0. The van der Waals surface area contributed by atoms with Crippen LogP contribution in [0.25, 0.3) is 0 Å². The third-order valence-electron chi connectivity index (χ3n) is 3.42. The summed E-state index contributed by atoms with van der Waals surface area (Å²) in [6.45, 7) is 4.07. The molecule has 1 N–H and O–H groups in total. The first-order chi connectivity index (χ1) is 7.63. The molecule has 0 aromatic carbocycles. The molecule has 1 fully saturated rings. The molecule has 2 rings (SSSR count). The van der Waals surface area contributed by atoms with E-state index in [2.05, 4.69) is 11.9 Å². The first-order valence-corrected chi connectivity index (χ1v) is 5.86. The second-order valence-electron chi connectivity index (χ2n) is 4.50. The number of hydrogen-bond acceptors (Lipinski definition) is 3. The molecule has 2 atom stereocenters. The number of carboxylic acid groups (broad SMARTS) is 1. The van der Waals surface area contributed by atoms with Gasteiger partial charge in [0.1, 0.15) is 0 Å². The number of aromatic carboxylic acids is 1. The fourth-order valence-corrected chi connectivity index (χ4v) is 2.45. The van der Waals surface area contributed by atoms with Crippen molar-refractivity contribution in [3.05, 3.63) is 17.3 Å². The number of carbonyl (C=O) groups is 1. The molecule has 4 heteroatoms. The summed E-state index contributed by atoms with van der Waals surface area (Å²) in [6, 6.07) is 0. The molecular weight excluding hydrogens is 206 g/mol. The molecule has 1 heterocycles. The minimum absolute atomic E-state index is 0.0246. The topological polar surface area (TPSA) is 63.3 Å². The molecule has 1 aliphatic rings. The predicted molar refractivity (Wildman–Crippen MR) is 58.6 cm³/mol. The second kappa shape index (κ2) is 4.28. The summed E-state index contributed by atoms with van der Waals surface area (Å²) in [5.41, 5.74) is 0.571. The van der Waals surface area contributed by atoms with E-state index in [0.29, 0.717) is 29.8 Å². The highest BCUT2D eigenvalue weighted by Crippen LogP contribution is 2.39. The highest BCUT2D eigenvalue weighted by atomic mass is 16.4. The maximum absolute atomic E-state index is 11.0. The van der Waals surface area contributed by atoms with Gasteiger partial charge >= 0.3 is 5.97 Å². The van der Waals surface area contributed by atoms with Crippen molar-refractivity contribution in [1.29, 1.82) is 0 Å². The molecule has 0 amide bonds. The minimum atomic E-state index is -1.01. The zero-order valence-corrected chi connectivity index (χ0v) is 9.69. The quantitative estimate of drug-likeness (QED) is 0.855. The fraction of sp³-hybridized carbons (Fsp3) is 0.667. The van der Waals surface area contributed by atoms with E-state index in [9.17, 15) is 4.79 Å². The van der Waals surface area contributed by atoms with E-state index in [1.165, 1.54) is 12.8 Å². The van der Waals surface area contributed by atoms with Gasteiger partial charge in [0, 0.05) is 5.92 Å². The van der Waals surface area contributed by atoms with E-state index >= 15 is 0 Å². The molecule has 88 valence electrons. The lowest BCUT2D eigenvalue weighted by atomic mass is 9.98. The van der Waals surface area contributed by atoms with Crippen molar-refractivity contribution < 1.29 is 14.3 Å². The van der Waals surface area contributed by atoms with Gasteiger partial charge in [-0.05, 0) is 25.2 Å². The molecule has 4 nitrogen and oxygen atoms in total. The van der Waals surface area contributed by atoms with Crippen LogP contribution in [0, 0.1) is 5.92 Å². The Bertz CT molecular complexity index is 397. The number of oxazole rings is 1. The fourth-order valence-electron chi connectivity index (χ4n) is 2.45. The highest BCUT2D eigenvalue weighted by molar-refractivity contribution is 5.85. The first kappa shape index (κ1) is 11.2. The minimum Gasteiger partial charge on any atom is -0.475 e. The number of nitrogens with zero attached hydrogens (tertiary/aromatic N) is 1. The van der Waals surface area contributed by atoms with Crippen LogP contribution in [0.1, 0.15) is 61.2 Å². The Morgan fingerprint density at radius 3 is 2.75 bits per heavy atom. The van der Waals surface area contributed by atoms with Crippen LogP contribution in [0.2, 0.25) is 0 Å². The SMILES string of the molecule is CCc1nc(C2CCCC2C)oc1C(=O)O. The Kier molecular flexibility index (Phi) is 2.99. The Morgan fingerprint density at radius 2 is 2.31 bits per heavy atom. The normalized spacial score (nSPS) is 24.9. The van der Waals surface area contributed by atoms with Crippen LogP contribution in [0.3, 0.4) is 0 Å². The maximum atomic E-state index is 11.0. The van der Waals surface area contributed by atoms with Crippen molar-refractivity contribution in [2.75, 3.05) is 0 Å². The zero-order chi connectivity index (χ0) is 11.7. The van der Waals surface area contributed by atoms with Gasteiger partial charge in [-0.25, -0.2) is 9.78 Å². The Morgan fingerprint density at radius 1 is 1.56 bits per heavy atom. The van der Waals surface area contributed by atoms with Gasteiger partial charge in [0.2, 0.25) is 5.76 Å². The number of aromatic nitrogens is 1. The number of carboxylic acids is 1. The molecule has 1 saturated carbocycles. The molecule has 0 radical (unpaired) electrons. The van der Waals surface area contributed by atoms with E-state index in [-0.39, 0.29) is 5.76 Å². The Balaban J connectivity index is 2.32.